The molecule has 1 aromatic carbocycles. The van der Waals surface area contributed by atoms with Crippen LogP contribution in [0.2, 0.25) is 0 Å². The van der Waals surface area contributed by atoms with Crippen LogP contribution in [0.5, 0.6) is 0 Å². The zero-order valence-corrected chi connectivity index (χ0v) is 14.6. The molecule has 2 aromatic rings. The number of ether oxygens (including phenoxy) is 1. The van der Waals surface area contributed by atoms with Crippen molar-refractivity contribution in [3.8, 4) is 0 Å². The van der Waals surface area contributed by atoms with Gasteiger partial charge in [0.1, 0.15) is 5.56 Å². The van der Waals surface area contributed by atoms with E-state index < -0.39 is 0 Å². The standard InChI is InChI=1S/C19H23N3O3/c1-3-25-19(24)16-12-20-17-7-5-4-6-15(17)18(16)22-10-8-14(9-11-22)21-13(2)23/h4-7,12,14H,3,8-11H2,1-2H3,(H,21,23). The first-order valence-corrected chi connectivity index (χ1v) is 8.67. The molecule has 3 rings (SSSR count). The number of carbonyl (C=O) groups excluding carboxylic acids is 2. The molecule has 1 aliphatic heterocycles. The number of anilines is 1. The molecule has 1 aromatic heterocycles. The van der Waals surface area contributed by atoms with Crippen molar-refractivity contribution >= 4 is 28.5 Å². The highest BCUT2D eigenvalue weighted by Crippen LogP contribution is 2.32. The fourth-order valence-corrected chi connectivity index (χ4v) is 3.36. The SMILES string of the molecule is CCOC(=O)c1cnc2ccccc2c1N1CCC(NC(C)=O)CC1. The Labute approximate surface area is 147 Å². The lowest BCUT2D eigenvalue weighted by Gasteiger charge is -2.35. The van der Waals surface area contributed by atoms with E-state index in [-0.39, 0.29) is 17.9 Å². The number of pyridine rings is 1. The van der Waals surface area contributed by atoms with E-state index in [9.17, 15) is 9.59 Å². The molecular weight excluding hydrogens is 318 g/mol. The third-order valence-corrected chi connectivity index (χ3v) is 4.46. The summed E-state index contributed by atoms with van der Waals surface area (Å²) in [5.74, 6) is -0.347. The van der Waals surface area contributed by atoms with Crippen molar-refractivity contribution < 1.29 is 14.3 Å². The number of esters is 1. The summed E-state index contributed by atoms with van der Waals surface area (Å²) in [5.41, 5.74) is 2.23. The fourth-order valence-electron chi connectivity index (χ4n) is 3.36. The Morgan fingerprint density at radius 3 is 2.68 bits per heavy atom. The largest absolute Gasteiger partial charge is 0.462 e. The lowest BCUT2D eigenvalue weighted by atomic mass is 10.0. The van der Waals surface area contributed by atoms with Crippen molar-refractivity contribution in [1.29, 1.82) is 0 Å². The van der Waals surface area contributed by atoms with Crippen LogP contribution < -0.4 is 10.2 Å². The van der Waals surface area contributed by atoms with Gasteiger partial charge >= 0.3 is 5.97 Å². The van der Waals surface area contributed by atoms with Crippen molar-refractivity contribution in [1.82, 2.24) is 10.3 Å². The Kier molecular flexibility index (Phi) is 5.16. The van der Waals surface area contributed by atoms with Gasteiger partial charge in [-0.15, -0.1) is 0 Å². The molecule has 2 heterocycles. The Balaban J connectivity index is 1.95. The molecule has 0 unspecified atom stereocenters. The summed E-state index contributed by atoms with van der Waals surface area (Å²) < 4.78 is 5.22. The van der Waals surface area contributed by atoms with Crippen LogP contribution in [0.1, 0.15) is 37.0 Å². The Morgan fingerprint density at radius 2 is 2.00 bits per heavy atom. The average molecular weight is 341 g/mol. The van der Waals surface area contributed by atoms with Gasteiger partial charge in [0.25, 0.3) is 0 Å². The summed E-state index contributed by atoms with van der Waals surface area (Å²) >= 11 is 0. The summed E-state index contributed by atoms with van der Waals surface area (Å²) in [6.07, 6.45) is 3.30. The highest BCUT2D eigenvalue weighted by Gasteiger charge is 2.26. The van der Waals surface area contributed by atoms with E-state index in [1.807, 2.05) is 24.3 Å². The smallest absolute Gasteiger partial charge is 0.341 e. The number of amides is 1. The molecule has 1 N–H and O–H groups in total. The van der Waals surface area contributed by atoms with Crippen molar-refractivity contribution in [3.05, 3.63) is 36.0 Å². The predicted octanol–water partition coefficient (Wildman–Crippen LogP) is 2.52. The first kappa shape index (κ1) is 17.2. The minimum atomic E-state index is -0.347. The van der Waals surface area contributed by atoms with Crippen LogP contribution in [0, 0.1) is 0 Å². The maximum atomic E-state index is 12.4. The van der Waals surface area contributed by atoms with Crippen LogP contribution in [0.25, 0.3) is 10.9 Å². The Bertz CT molecular complexity index is 783. The van der Waals surface area contributed by atoms with E-state index in [4.69, 9.17) is 4.74 Å². The molecule has 0 radical (unpaired) electrons. The topological polar surface area (TPSA) is 71.5 Å². The number of fused-ring (bicyclic) bond motifs is 1. The molecule has 0 bridgehead atoms. The number of nitrogens with zero attached hydrogens (tertiary/aromatic N) is 2. The zero-order chi connectivity index (χ0) is 17.8. The van der Waals surface area contributed by atoms with Crippen LogP contribution in [0.3, 0.4) is 0 Å². The molecule has 6 nitrogen and oxygen atoms in total. The molecule has 0 spiro atoms. The number of hydrogen-bond acceptors (Lipinski definition) is 5. The number of aromatic nitrogens is 1. The summed E-state index contributed by atoms with van der Waals surface area (Å²) in [4.78, 5) is 30.3. The molecular formula is C19H23N3O3. The third kappa shape index (κ3) is 3.73. The summed E-state index contributed by atoms with van der Waals surface area (Å²) in [6, 6.07) is 8.00. The van der Waals surface area contributed by atoms with Gasteiger partial charge in [0.2, 0.25) is 5.91 Å². The molecule has 25 heavy (non-hydrogen) atoms. The van der Waals surface area contributed by atoms with Crippen molar-refractivity contribution in [2.45, 2.75) is 32.7 Å². The number of piperidine rings is 1. The summed E-state index contributed by atoms with van der Waals surface area (Å²) in [7, 11) is 0. The number of hydrogen-bond donors (Lipinski definition) is 1. The van der Waals surface area contributed by atoms with Gasteiger partial charge in [0.05, 0.1) is 17.8 Å². The van der Waals surface area contributed by atoms with Gasteiger partial charge in [0, 0.05) is 37.6 Å². The molecule has 6 heteroatoms. The van der Waals surface area contributed by atoms with Crippen LogP contribution in [-0.4, -0.2) is 42.6 Å². The van der Waals surface area contributed by atoms with E-state index in [1.165, 1.54) is 0 Å². The molecule has 1 amide bonds. The lowest BCUT2D eigenvalue weighted by molar-refractivity contribution is -0.119. The van der Waals surface area contributed by atoms with Gasteiger partial charge < -0.3 is 15.0 Å². The minimum Gasteiger partial charge on any atom is -0.462 e. The molecule has 1 aliphatic rings. The van der Waals surface area contributed by atoms with Gasteiger partial charge in [-0.05, 0) is 25.8 Å². The third-order valence-electron chi connectivity index (χ3n) is 4.46. The normalized spacial score (nSPS) is 15.2. The van der Waals surface area contributed by atoms with Gasteiger partial charge in [-0.1, -0.05) is 18.2 Å². The average Bonchev–Trinajstić information content (AvgIpc) is 2.61. The van der Waals surface area contributed by atoms with Gasteiger partial charge in [-0.2, -0.15) is 0 Å². The second kappa shape index (κ2) is 7.51. The first-order valence-electron chi connectivity index (χ1n) is 8.67. The molecule has 0 aliphatic carbocycles. The van der Waals surface area contributed by atoms with E-state index in [0.717, 1.165) is 42.5 Å². The van der Waals surface area contributed by atoms with Crippen molar-refractivity contribution in [2.24, 2.45) is 0 Å². The second-order valence-electron chi connectivity index (χ2n) is 6.22. The van der Waals surface area contributed by atoms with Gasteiger partial charge in [-0.3, -0.25) is 9.78 Å². The number of para-hydroxylation sites is 1. The van der Waals surface area contributed by atoms with E-state index in [0.29, 0.717) is 12.2 Å². The quantitative estimate of drug-likeness (QED) is 0.865. The number of nitrogens with one attached hydrogen (secondary N) is 1. The molecule has 1 fully saturated rings. The zero-order valence-electron chi connectivity index (χ0n) is 14.6. The molecule has 1 saturated heterocycles. The monoisotopic (exact) mass is 341 g/mol. The first-order chi connectivity index (χ1) is 12.1. The number of carbonyl (C=O) groups is 2. The maximum absolute atomic E-state index is 12.4. The van der Waals surface area contributed by atoms with E-state index >= 15 is 0 Å². The van der Waals surface area contributed by atoms with Gasteiger partial charge in [0.15, 0.2) is 0 Å². The lowest BCUT2D eigenvalue weighted by Crippen LogP contribution is -2.44. The van der Waals surface area contributed by atoms with Gasteiger partial charge in [-0.25, -0.2) is 4.79 Å². The molecule has 132 valence electrons. The maximum Gasteiger partial charge on any atom is 0.341 e. The van der Waals surface area contributed by atoms with E-state index in [2.05, 4.69) is 15.2 Å². The number of benzene rings is 1. The summed E-state index contributed by atoms with van der Waals surface area (Å²) in [5, 5.41) is 3.93. The fraction of sp³-hybridized carbons (Fsp3) is 0.421. The Hall–Kier alpha value is -2.63. The van der Waals surface area contributed by atoms with Crippen LogP contribution in [0.15, 0.2) is 30.5 Å². The predicted molar refractivity (Wildman–Crippen MR) is 96.8 cm³/mol. The van der Waals surface area contributed by atoms with Crippen LogP contribution in [-0.2, 0) is 9.53 Å². The molecule has 0 saturated carbocycles. The van der Waals surface area contributed by atoms with E-state index in [1.54, 1.807) is 20.0 Å². The minimum absolute atomic E-state index is 0.0000218. The Morgan fingerprint density at radius 1 is 1.28 bits per heavy atom. The highest BCUT2D eigenvalue weighted by atomic mass is 16.5. The highest BCUT2D eigenvalue weighted by molar-refractivity contribution is 6.05. The van der Waals surface area contributed by atoms with Crippen molar-refractivity contribution in [2.75, 3.05) is 24.6 Å². The number of rotatable bonds is 4. The summed E-state index contributed by atoms with van der Waals surface area (Å²) in [6.45, 7) is 5.21. The van der Waals surface area contributed by atoms with Crippen LogP contribution in [0.4, 0.5) is 5.69 Å². The van der Waals surface area contributed by atoms with Crippen LogP contribution >= 0.6 is 0 Å². The van der Waals surface area contributed by atoms with Crippen molar-refractivity contribution in [3.63, 3.8) is 0 Å². The molecule has 0 atom stereocenters. The second-order valence-corrected chi connectivity index (χ2v) is 6.22.